The van der Waals surface area contributed by atoms with Gasteiger partial charge >= 0.3 is 17.9 Å². The van der Waals surface area contributed by atoms with E-state index in [0.717, 1.165) is 131 Å². The van der Waals surface area contributed by atoms with Crippen LogP contribution in [0, 0.1) is 36.3 Å². The number of H-pyrrole nitrogens is 3. The number of piperidine rings is 6. The Labute approximate surface area is 639 Å². The Bertz CT molecular complexity index is 4650. The zero-order valence-electron chi connectivity index (χ0n) is 61.1. The number of carboxylic acids is 3. The lowest BCUT2D eigenvalue weighted by molar-refractivity contribution is -0.148. The number of carboxylic acid groups (broad SMARTS) is 3. The molecule has 3 unspecified atom stereocenters. The largest absolute Gasteiger partial charge is 0.480 e. The molecule has 6 saturated heterocycles. The summed E-state index contributed by atoms with van der Waals surface area (Å²) in [6.07, 6.45) is 22.7. The van der Waals surface area contributed by atoms with Gasteiger partial charge in [0, 0.05) is 108 Å². The van der Waals surface area contributed by atoms with Crippen molar-refractivity contribution in [3.05, 3.63) is 220 Å². The number of aliphatic carboxylic acids is 3. The van der Waals surface area contributed by atoms with Crippen LogP contribution in [0.15, 0.2) is 170 Å². The van der Waals surface area contributed by atoms with E-state index < -0.39 is 41.9 Å². The van der Waals surface area contributed by atoms with Crippen molar-refractivity contribution < 1.29 is 48.1 Å². The van der Waals surface area contributed by atoms with Gasteiger partial charge in [-0.1, -0.05) is 102 Å². The van der Waals surface area contributed by atoms with E-state index in [1.807, 2.05) is 24.3 Å². The van der Waals surface area contributed by atoms with Crippen LogP contribution in [0.5, 0.6) is 0 Å². The Hall–Kier alpha value is -9.51. The predicted molar refractivity (Wildman–Crippen MR) is 426 cm³/mol. The second-order valence-electron chi connectivity index (χ2n) is 30.0. The number of thiocarbonyl (C=S) groups is 1. The quantitative estimate of drug-likeness (QED) is 0.0333. The number of amides is 2. The Morgan fingerprint density at radius 1 is 0.454 bits per heavy atom. The van der Waals surface area contributed by atoms with E-state index in [2.05, 4.69) is 138 Å². The summed E-state index contributed by atoms with van der Waals surface area (Å²) in [5, 5.41) is 38.3. The average Bonchev–Trinajstić information content (AvgIpc) is 1.59. The number of aryl methyl sites for hydroxylation is 1. The summed E-state index contributed by atoms with van der Waals surface area (Å²) in [5.74, 6) is -1.75. The normalized spacial score (nSPS) is 19.1. The second-order valence-corrected chi connectivity index (χ2v) is 30.8. The summed E-state index contributed by atoms with van der Waals surface area (Å²) >= 11 is 11.5. The molecule has 3 atom stereocenters. The van der Waals surface area contributed by atoms with E-state index in [1.54, 1.807) is 40.2 Å². The van der Waals surface area contributed by atoms with Gasteiger partial charge in [-0.3, -0.25) is 38.7 Å². The molecule has 6 aliphatic heterocycles. The highest BCUT2D eigenvalue weighted by atomic mass is 35.5. The molecule has 6 aliphatic rings. The van der Waals surface area contributed by atoms with Gasteiger partial charge in [0.15, 0.2) is 5.11 Å². The molecule has 7 N–H and O–H groups in total. The summed E-state index contributed by atoms with van der Waals surface area (Å²) in [5.41, 5.74) is 11.1. The smallest absolute Gasteiger partial charge is 0.321 e. The first-order valence-corrected chi connectivity index (χ1v) is 39.0. The first-order valence-electron chi connectivity index (χ1n) is 38.2. The molecule has 6 fully saturated rings. The van der Waals surface area contributed by atoms with Crippen molar-refractivity contribution in [1.29, 1.82) is 0 Å². The fraction of sp³-hybridized carbons (Fsp3) is 0.395. The zero-order chi connectivity index (χ0) is 75.4. The summed E-state index contributed by atoms with van der Waals surface area (Å²) in [6.45, 7) is 10.5. The molecule has 0 radical (unpaired) electrons. The van der Waals surface area contributed by atoms with Crippen LogP contribution >= 0.6 is 23.8 Å². The number of nitrogens with one attached hydrogen (secondary N) is 4. The van der Waals surface area contributed by atoms with Gasteiger partial charge in [0.05, 0.1) is 5.02 Å². The molecule has 18 nitrogen and oxygen atoms in total. The van der Waals surface area contributed by atoms with Gasteiger partial charge in [0.25, 0.3) is 0 Å². The van der Waals surface area contributed by atoms with Crippen molar-refractivity contribution >= 4 is 109 Å². The van der Waals surface area contributed by atoms with E-state index >= 15 is 0 Å². The first kappa shape index (κ1) is 76.7. The molecule has 9 aromatic rings. The number of carbonyl (C=O) groups is 5. The summed E-state index contributed by atoms with van der Waals surface area (Å²) < 4.78 is 26.4. The van der Waals surface area contributed by atoms with E-state index in [9.17, 15) is 48.1 Å². The number of hydrogen-bond donors (Lipinski definition) is 7. The van der Waals surface area contributed by atoms with Crippen LogP contribution in [-0.2, 0) is 24.0 Å². The highest BCUT2D eigenvalue weighted by molar-refractivity contribution is 7.80. The fourth-order valence-electron chi connectivity index (χ4n) is 17.6. The fourth-order valence-corrected chi connectivity index (χ4v) is 18.1. The van der Waals surface area contributed by atoms with E-state index in [0.29, 0.717) is 75.2 Å². The van der Waals surface area contributed by atoms with Crippen molar-refractivity contribution in [3.63, 3.8) is 0 Å². The number of nitrogens with zero attached hydrogens (tertiary/aromatic N) is 6. The molecule has 3 aromatic heterocycles. The molecule has 566 valence electrons. The average molecular weight is 1500 g/mol. The number of aromatic amines is 3. The Kier molecular flexibility index (Phi) is 25.3. The molecule has 0 aliphatic carbocycles. The van der Waals surface area contributed by atoms with Crippen molar-refractivity contribution in [2.24, 2.45) is 17.8 Å². The molecule has 6 aromatic carbocycles. The topological polar surface area (TPSA) is 225 Å². The number of fused-ring (bicyclic) bond motifs is 3. The van der Waals surface area contributed by atoms with Gasteiger partial charge in [-0.15, -0.1) is 0 Å². The number of benzene rings is 6. The SMILES string of the molecule is Cc1ccc(NC(=S)N2CCC(C(C(=O)O)N3CCC(c4c[nH]c5ccccc45)CC3)CC2)cc1.O=C(O)C(C1CCN(C(=O)/C=C/c2ccc(F)c(Cl)c2)CC1)N1CCC(c2c[nH]c3ccccc23)CC1.O=C(O)C(C1CCN(C(=O)/C=C/c2ccc(F)cc2)CC1)N1CCC(c2c[nH]c3ccccc23)CC1. The van der Waals surface area contributed by atoms with Crippen molar-refractivity contribution in [3.8, 4) is 0 Å². The number of hydrogen-bond acceptors (Lipinski definition) is 9. The number of aromatic nitrogens is 3. The van der Waals surface area contributed by atoms with Crippen LogP contribution in [-0.4, -0.2) is 191 Å². The third-order valence-electron chi connectivity index (χ3n) is 23.5. The number of carbonyl (C=O) groups excluding carboxylic acids is 2. The third-order valence-corrected chi connectivity index (χ3v) is 24.2. The summed E-state index contributed by atoms with van der Waals surface area (Å²) in [7, 11) is 0. The lowest BCUT2D eigenvalue weighted by atomic mass is 9.84. The zero-order valence-corrected chi connectivity index (χ0v) is 62.7. The molecule has 0 spiro atoms. The van der Waals surface area contributed by atoms with Gasteiger partial charge in [0.2, 0.25) is 11.8 Å². The molecular weight excluding hydrogens is 1410 g/mol. The minimum absolute atomic E-state index is 0.00562. The number of para-hydroxylation sites is 3. The van der Waals surface area contributed by atoms with Crippen molar-refractivity contribution in [2.45, 2.75) is 120 Å². The van der Waals surface area contributed by atoms with Crippen LogP contribution in [0.4, 0.5) is 14.5 Å². The molecule has 9 heterocycles. The number of halogens is 3. The molecule has 15 rings (SSSR count). The Balaban J connectivity index is 0.000000143. The van der Waals surface area contributed by atoms with Gasteiger partial charge < -0.3 is 50.3 Å². The highest BCUT2D eigenvalue weighted by Crippen LogP contribution is 2.40. The van der Waals surface area contributed by atoms with Crippen LogP contribution < -0.4 is 5.32 Å². The second kappa shape index (κ2) is 35.7. The van der Waals surface area contributed by atoms with Crippen LogP contribution in [0.3, 0.4) is 0 Å². The maximum Gasteiger partial charge on any atom is 0.321 e. The lowest BCUT2D eigenvalue weighted by Gasteiger charge is -2.42. The number of likely N-dealkylation sites (tertiary alicyclic amines) is 6. The minimum atomic E-state index is -0.775. The van der Waals surface area contributed by atoms with Crippen LogP contribution in [0.1, 0.15) is 128 Å². The summed E-state index contributed by atoms with van der Waals surface area (Å²) in [4.78, 5) is 84.6. The molecule has 0 bridgehead atoms. The van der Waals surface area contributed by atoms with Gasteiger partial charge in [0.1, 0.15) is 29.8 Å². The maximum atomic E-state index is 13.3. The Morgan fingerprint density at radius 3 is 1.16 bits per heavy atom. The van der Waals surface area contributed by atoms with E-state index in [4.69, 9.17) is 23.8 Å². The minimum Gasteiger partial charge on any atom is -0.480 e. The monoisotopic (exact) mass is 1500 g/mol. The number of anilines is 1. The Morgan fingerprint density at radius 2 is 0.796 bits per heavy atom. The molecule has 2 amide bonds. The van der Waals surface area contributed by atoms with Gasteiger partial charge in [-0.2, -0.15) is 0 Å². The molecule has 22 heteroatoms. The molecule has 108 heavy (non-hydrogen) atoms. The van der Waals surface area contributed by atoms with E-state index in [1.165, 1.54) is 80.3 Å². The van der Waals surface area contributed by atoms with Crippen molar-refractivity contribution in [2.75, 3.05) is 83.9 Å². The number of rotatable bonds is 17. The highest BCUT2D eigenvalue weighted by Gasteiger charge is 2.42. The van der Waals surface area contributed by atoms with E-state index in [-0.39, 0.29) is 40.4 Å². The van der Waals surface area contributed by atoms with Crippen molar-refractivity contribution in [1.82, 2.24) is 44.4 Å². The van der Waals surface area contributed by atoms with Gasteiger partial charge in [-0.25, -0.2) is 8.78 Å². The van der Waals surface area contributed by atoms with Crippen LogP contribution in [0.25, 0.3) is 44.9 Å². The third kappa shape index (κ3) is 18.6. The van der Waals surface area contributed by atoms with Gasteiger partial charge in [-0.05, 0) is 266 Å². The lowest BCUT2D eigenvalue weighted by Crippen LogP contribution is -2.52. The van der Waals surface area contributed by atoms with Crippen LogP contribution in [0.2, 0.25) is 5.02 Å². The predicted octanol–water partition coefficient (Wildman–Crippen LogP) is 15.7. The first-order chi connectivity index (χ1) is 52.4. The maximum absolute atomic E-state index is 13.3. The molecule has 0 saturated carbocycles. The standard InChI is InChI=1S/C29H31ClFN3O3.C29H32FN3O3.C28H34N4O2S/c30-24-17-19(5-7-25(24)31)6-8-27(35)33-13-11-21(12-14-33)28(29(36)37)34-15-9-20(10-16-34)23-18-32-26-4-2-1-3-22(23)26;30-23-8-5-20(6-9-23)7-10-27(34)32-15-13-22(14-16-32)28(29(35)36)33-17-11-21(12-18-33)25-19-31-26-4-2-1-3-24(25)26;1-19-6-8-22(9-7-19)30-28(35)32-16-12-21(13-17-32)26(27(33)34)31-14-10-20(11-15-31)24-18-29-25-5-3-2-4-23(24)25/h1-8,17-18,20-21,28,32H,9-16H2,(H,36,37);1-10,19,21-22,28,31H,11-18H2,(H,35,36);2-9,18,20-21,26,29H,10-17H2,1H3,(H,30,35)(H,33,34)/b8-6+;10-7+;. The summed E-state index contributed by atoms with van der Waals surface area (Å²) in [6, 6.07) is 42.1. The molecular formula is C86H97ClF2N10O8S.